The van der Waals surface area contributed by atoms with Gasteiger partial charge < -0.3 is 9.84 Å². The van der Waals surface area contributed by atoms with Crippen LogP contribution < -0.4 is 0 Å². The summed E-state index contributed by atoms with van der Waals surface area (Å²) in [4.78, 5) is 1.73. The first-order valence-electron chi connectivity index (χ1n) is 6.81. The van der Waals surface area contributed by atoms with E-state index < -0.39 is 10.0 Å². The molecule has 1 aromatic rings. The van der Waals surface area contributed by atoms with Gasteiger partial charge in [0.25, 0.3) is 0 Å². The highest BCUT2D eigenvalue weighted by Crippen LogP contribution is 2.30. The van der Waals surface area contributed by atoms with Gasteiger partial charge in [0, 0.05) is 29.5 Å². The summed E-state index contributed by atoms with van der Waals surface area (Å²) in [6.07, 6.45) is 1.71. The van der Waals surface area contributed by atoms with Crippen molar-refractivity contribution in [3.05, 3.63) is 15.8 Å². The second-order valence-corrected chi connectivity index (χ2v) is 8.12. The van der Waals surface area contributed by atoms with E-state index >= 15 is 0 Å². The average Bonchev–Trinajstić information content (AvgIpc) is 2.81. The molecular formula is C13H21NO4S2. The van der Waals surface area contributed by atoms with Crippen LogP contribution in [0.25, 0.3) is 0 Å². The quantitative estimate of drug-likeness (QED) is 0.898. The third kappa shape index (κ3) is 3.23. The van der Waals surface area contributed by atoms with Crippen molar-refractivity contribution in [3.63, 3.8) is 0 Å². The first kappa shape index (κ1) is 15.9. The molecule has 1 aliphatic heterocycles. The number of aliphatic hydroxyl groups excluding tert-OH is 1. The number of hydrogen-bond acceptors (Lipinski definition) is 5. The summed E-state index contributed by atoms with van der Waals surface area (Å²) in [6, 6.07) is 1.58. The van der Waals surface area contributed by atoms with E-state index in [0.29, 0.717) is 29.5 Å². The van der Waals surface area contributed by atoms with Crippen molar-refractivity contribution in [1.29, 1.82) is 0 Å². The van der Waals surface area contributed by atoms with E-state index in [9.17, 15) is 8.42 Å². The smallest absolute Gasteiger partial charge is 0.244 e. The van der Waals surface area contributed by atoms with E-state index in [2.05, 4.69) is 0 Å². The fraction of sp³-hybridized carbons (Fsp3) is 0.692. The lowest BCUT2D eigenvalue weighted by Gasteiger charge is -2.31. The number of aryl methyl sites for hydroxylation is 1. The van der Waals surface area contributed by atoms with Crippen molar-refractivity contribution in [1.82, 2.24) is 4.31 Å². The molecule has 7 heteroatoms. The van der Waals surface area contributed by atoms with E-state index in [4.69, 9.17) is 9.84 Å². The van der Waals surface area contributed by atoms with Gasteiger partial charge in [-0.25, -0.2) is 8.42 Å². The highest BCUT2D eigenvalue weighted by molar-refractivity contribution is 7.89. The summed E-state index contributed by atoms with van der Waals surface area (Å²) >= 11 is 1.33. The Labute approximate surface area is 124 Å². The van der Waals surface area contributed by atoms with E-state index in [-0.39, 0.29) is 12.7 Å². The fourth-order valence-electron chi connectivity index (χ4n) is 2.49. The molecule has 1 aromatic heterocycles. The zero-order valence-electron chi connectivity index (χ0n) is 11.8. The first-order chi connectivity index (χ1) is 9.48. The second-order valence-electron chi connectivity index (χ2n) is 4.87. The molecule has 0 aromatic carbocycles. The van der Waals surface area contributed by atoms with Crippen molar-refractivity contribution in [2.24, 2.45) is 0 Å². The zero-order valence-corrected chi connectivity index (χ0v) is 13.5. The minimum absolute atomic E-state index is 0.0141. The summed E-state index contributed by atoms with van der Waals surface area (Å²) in [7, 11) is -3.48. The maximum atomic E-state index is 12.7. The molecule has 2 heterocycles. The molecule has 1 N–H and O–H groups in total. The zero-order chi connectivity index (χ0) is 14.8. The minimum Gasteiger partial charge on any atom is -0.391 e. The standard InChI is InChI=1S/C13H21NO4S2/c1-3-18-11-5-4-6-14(8-11)20(16,17)13-7-12(9-15)19-10(13)2/h7,11,15H,3-6,8-9H2,1-2H3. The highest BCUT2D eigenvalue weighted by Gasteiger charge is 2.32. The Bertz CT molecular complexity index is 551. The topological polar surface area (TPSA) is 66.8 Å². The molecule has 1 saturated heterocycles. The molecule has 0 bridgehead atoms. The maximum absolute atomic E-state index is 12.7. The first-order valence-corrected chi connectivity index (χ1v) is 9.06. The van der Waals surface area contributed by atoms with Crippen molar-refractivity contribution >= 4 is 21.4 Å². The molecular weight excluding hydrogens is 298 g/mol. The molecule has 0 saturated carbocycles. The van der Waals surface area contributed by atoms with E-state index in [1.54, 1.807) is 13.0 Å². The van der Waals surface area contributed by atoms with E-state index in [1.807, 2.05) is 6.92 Å². The molecule has 1 fully saturated rings. The summed E-state index contributed by atoms with van der Waals surface area (Å²) in [5, 5.41) is 9.15. The molecule has 1 aliphatic rings. The number of ether oxygens (including phenoxy) is 1. The van der Waals surface area contributed by atoms with Crippen LogP contribution in [0.4, 0.5) is 0 Å². The van der Waals surface area contributed by atoms with Crippen molar-refractivity contribution in [3.8, 4) is 0 Å². The van der Waals surface area contributed by atoms with Gasteiger partial charge in [-0.1, -0.05) is 0 Å². The average molecular weight is 319 g/mol. The van der Waals surface area contributed by atoms with Gasteiger partial charge in [-0.3, -0.25) is 0 Å². The summed E-state index contributed by atoms with van der Waals surface area (Å²) < 4.78 is 32.4. The Balaban J connectivity index is 2.22. The van der Waals surface area contributed by atoms with Crippen LogP contribution in [0.3, 0.4) is 0 Å². The summed E-state index contributed by atoms with van der Waals surface area (Å²) in [5.41, 5.74) is 0. The largest absolute Gasteiger partial charge is 0.391 e. The number of aliphatic hydroxyl groups is 1. The molecule has 0 radical (unpaired) electrons. The predicted octanol–water partition coefficient (Wildman–Crippen LogP) is 1.74. The molecule has 20 heavy (non-hydrogen) atoms. The number of piperidine rings is 1. The van der Waals surface area contributed by atoms with Crippen LogP contribution in [0.15, 0.2) is 11.0 Å². The van der Waals surface area contributed by atoms with Crippen molar-refractivity contribution in [2.75, 3.05) is 19.7 Å². The Morgan fingerprint density at radius 3 is 2.90 bits per heavy atom. The maximum Gasteiger partial charge on any atom is 0.244 e. The fourth-order valence-corrected chi connectivity index (χ4v) is 5.47. The molecule has 5 nitrogen and oxygen atoms in total. The number of nitrogens with zero attached hydrogens (tertiary/aromatic N) is 1. The number of thiophene rings is 1. The van der Waals surface area contributed by atoms with Gasteiger partial charge in [0.2, 0.25) is 10.0 Å². The van der Waals surface area contributed by atoms with Crippen molar-refractivity contribution < 1.29 is 18.3 Å². The van der Waals surface area contributed by atoms with Gasteiger partial charge in [-0.15, -0.1) is 11.3 Å². The van der Waals surface area contributed by atoms with Crippen molar-refractivity contribution in [2.45, 2.75) is 44.3 Å². The normalized spacial score (nSPS) is 21.2. The molecule has 114 valence electrons. The van der Waals surface area contributed by atoms with E-state index in [0.717, 1.165) is 17.7 Å². The lowest BCUT2D eigenvalue weighted by Crippen LogP contribution is -2.43. The van der Waals surface area contributed by atoms with Crippen LogP contribution in [-0.2, 0) is 21.4 Å². The van der Waals surface area contributed by atoms with Crippen LogP contribution in [0.5, 0.6) is 0 Å². The molecule has 0 spiro atoms. The lowest BCUT2D eigenvalue weighted by atomic mass is 10.1. The second kappa shape index (κ2) is 6.53. The summed E-state index contributed by atoms with van der Waals surface area (Å²) in [6.45, 7) is 5.13. The van der Waals surface area contributed by atoms with Gasteiger partial charge in [0.05, 0.1) is 17.6 Å². The van der Waals surface area contributed by atoms with Gasteiger partial charge in [-0.2, -0.15) is 4.31 Å². The van der Waals surface area contributed by atoms with Crippen LogP contribution in [0.2, 0.25) is 0 Å². The van der Waals surface area contributed by atoms with Gasteiger partial charge in [0.1, 0.15) is 0 Å². The molecule has 1 atom stereocenters. The Hall–Kier alpha value is -0.470. The number of sulfonamides is 1. The molecule has 0 aliphatic carbocycles. The number of hydrogen-bond donors (Lipinski definition) is 1. The van der Waals surface area contributed by atoms with Gasteiger partial charge in [-0.05, 0) is 32.8 Å². The van der Waals surface area contributed by atoms with Crippen LogP contribution in [-0.4, -0.2) is 43.6 Å². The van der Waals surface area contributed by atoms with Crippen LogP contribution in [0, 0.1) is 6.92 Å². The van der Waals surface area contributed by atoms with Gasteiger partial charge in [0.15, 0.2) is 0 Å². The highest BCUT2D eigenvalue weighted by atomic mass is 32.2. The third-order valence-electron chi connectivity index (χ3n) is 3.44. The molecule has 2 rings (SSSR count). The molecule has 0 amide bonds. The van der Waals surface area contributed by atoms with E-state index in [1.165, 1.54) is 15.6 Å². The number of rotatable bonds is 5. The summed E-state index contributed by atoms with van der Waals surface area (Å²) in [5.74, 6) is 0. The Kier molecular flexibility index (Phi) is 5.19. The Morgan fingerprint density at radius 1 is 1.55 bits per heavy atom. The van der Waals surface area contributed by atoms with Gasteiger partial charge >= 0.3 is 0 Å². The predicted molar refractivity (Wildman–Crippen MR) is 78.4 cm³/mol. The monoisotopic (exact) mass is 319 g/mol. The molecule has 1 unspecified atom stereocenters. The van der Waals surface area contributed by atoms with Crippen LogP contribution >= 0.6 is 11.3 Å². The third-order valence-corrected chi connectivity index (χ3v) is 6.60. The lowest BCUT2D eigenvalue weighted by molar-refractivity contribution is 0.0265. The van der Waals surface area contributed by atoms with Crippen LogP contribution in [0.1, 0.15) is 29.5 Å². The Morgan fingerprint density at radius 2 is 2.30 bits per heavy atom. The minimum atomic E-state index is -3.48. The SMILES string of the molecule is CCOC1CCCN(S(=O)(=O)c2cc(CO)sc2C)C1.